The third kappa shape index (κ3) is 5.22. The first-order chi connectivity index (χ1) is 15.4. The summed E-state index contributed by atoms with van der Waals surface area (Å²) < 4.78 is 37.9. The number of methoxy groups -OCH3 is 1. The third-order valence-electron chi connectivity index (χ3n) is 6.03. The Kier molecular flexibility index (Phi) is 6.99. The molecular weight excluding hydrogens is 436 g/mol. The van der Waals surface area contributed by atoms with Crippen LogP contribution in [0.5, 0.6) is 5.75 Å². The van der Waals surface area contributed by atoms with Gasteiger partial charge in [0.25, 0.3) is 0 Å². The standard InChI is InChI=1S/C21H30N4O6S/c1-30-19-5-4-17(32(28,29)25-10-12-31-13-11-25)14-18(19)22-20(26)15-23-6-8-24(9-7-23)21(27)16-2-3-16/h4-5,14,16H,2-3,6-13,15H2,1H3,(H,22,26). The summed E-state index contributed by atoms with van der Waals surface area (Å²) in [4.78, 5) is 28.8. The van der Waals surface area contributed by atoms with Gasteiger partial charge in [0.05, 0.1) is 37.5 Å². The van der Waals surface area contributed by atoms with Gasteiger partial charge in [0.15, 0.2) is 0 Å². The topological polar surface area (TPSA) is 108 Å². The molecule has 0 spiro atoms. The van der Waals surface area contributed by atoms with Gasteiger partial charge in [-0.05, 0) is 31.0 Å². The summed E-state index contributed by atoms with van der Waals surface area (Å²) in [6, 6.07) is 4.47. The van der Waals surface area contributed by atoms with Crippen LogP contribution in [0.1, 0.15) is 12.8 Å². The SMILES string of the molecule is COc1ccc(S(=O)(=O)N2CCOCC2)cc1NC(=O)CN1CCN(C(=O)C2CC2)CC1. The Bertz CT molecular complexity index is 951. The van der Waals surface area contributed by atoms with Crippen molar-refractivity contribution in [2.24, 2.45) is 5.92 Å². The molecule has 0 aromatic heterocycles. The lowest BCUT2D eigenvalue weighted by molar-refractivity contribution is -0.134. The molecule has 2 aliphatic heterocycles. The van der Waals surface area contributed by atoms with Gasteiger partial charge in [0, 0.05) is 45.2 Å². The minimum absolute atomic E-state index is 0.0997. The summed E-state index contributed by atoms with van der Waals surface area (Å²) in [6.07, 6.45) is 1.98. The summed E-state index contributed by atoms with van der Waals surface area (Å²) in [7, 11) is -2.22. The molecule has 3 aliphatic rings. The van der Waals surface area contributed by atoms with E-state index in [2.05, 4.69) is 5.32 Å². The number of ether oxygens (including phenoxy) is 2. The molecule has 0 atom stereocenters. The summed E-state index contributed by atoms with van der Waals surface area (Å²) in [5.74, 6) is 0.570. The molecule has 1 N–H and O–H groups in total. The first-order valence-electron chi connectivity index (χ1n) is 11.0. The number of morpholine rings is 1. The monoisotopic (exact) mass is 466 g/mol. The molecule has 176 valence electrons. The van der Waals surface area contributed by atoms with E-state index in [9.17, 15) is 18.0 Å². The maximum atomic E-state index is 13.0. The van der Waals surface area contributed by atoms with Gasteiger partial charge in [-0.25, -0.2) is 8.42 Å². The van der Waals surface area contributed by atoms with E-state index in [1.807, 2.05) is 9.80 Å². The molecule has 11 heteroatoms. The number of nitrogens with zero attached hydrogens (tertiary/aromatic N) is 3. The van der Waals surface area contributed by atoms with Crippen LogP contribution in [-0.2, 0) is 24.3 Å². The molecule has 0 radical (unpaired) electrons. The quantitative estimate of drug-likeness (QED) is 0.612. The van der Waals surface area contributed by atoms with Crippen LogP contribution in [0.15, 0.2) is 23.1 Å². The van der Waals surface area contributed by atoms with Gasteiger partial charge >= 0.3 is 0 Å². The Morgan fingerprint density at radius 2 is 1.78 bits per heavy atom. The number of carbonyl (C=O) groups is 2. The predicted molar refractivity (Wildman–Crippen MR) is 117 cm³/mol. The van der Waals surface area contributed by atoms with Gasteiger partial charge in [0.2, 0.25) is 21.8 Å². The highest BCUT2D eigenvalue weighted by Gasteiger charge is 2.34. The first kappa shape index (κ1) is 23.0. The Labute approximate surface area is 188 Å². The summed E-state index contributed by atoms with van der Waals surface area (Å²) in [6.45, 7) is 3.99. The highest BCUT2D eigenvalue weighted by Crippen LogP contribution is 2.31. The van der Waals surface area contributed by atoms with Crippen molar-refractivity contribution in [1.29, 1.82) is 0 Å². The van der Waals surface area contributed by atoms with E-state index in [-0.39, 0.29) is 29.2 Å². The third-order valence-corrected chi connectivity index (χ3v) is 7.93. The summed E-state index contributed by atoms with van der Waals surface area (Å²) in [5, 5.41) is 2.79. The van der Waals surface area contributed by atoms with Crippen LogP contribution in [0.25, 0.3) is 0 Å². The van der Waals surface area contributed by atoms with Gasteiger partial charge in [-0.1, -0.05) is 0 Å². The van der Waals surface area contributed by atoms with Crippen molar-refractivity contribution in [2.75, 3.05) is 71.5 Å². The number of hydrogen-bond donors (Lipinski definition) is 1. The zero-order valence-electron chi connectivity index (χ0n) is 18.3. The summed E-state index contributed by atoms with van der Waals surface area (Å²) >= 11 is 0. The maximum absolute atomic E-state index is 13.0. The normalized spacial score (nSPS) is 20.7. The van der Waals surface area contributed by atoms with Crippen molar-refractivity contribution >= 4 is 27.5 Å². The zero-order valence-corrected chi connectivity index (χ0v) is 19.1. The number of sulfonamides is 1. The van der Waals surface area contributed by atoms with E-state index in [1.165, 1.54) is 23.5 Å². The van der Waals surface area contributed by atoms with Gasteiger partial charge in [-0.2, -0.15) is 4.31 Å². The van der Waals surface area contributed by atoms with Crippen molar-refractivity contribution in [1.82, 2.24) is 14.1 Å². The van der Waals surface area contributed by atoms with Crippen molar-refractivity contribution in [3.63, 3.8) is 0 Å². The van der Waals surface area contributed by atoms with Crippen LogP contribution in [0.2, 0.25) is 0 Å². The molecule has 3 fully saturated rings. The second-order valence-electron chi connectivity index (χ2n) is 8.30. The van der Waals surface area contributed by atoms with Crippen molar-refractivity contribution < 1.29 is 27.5 Å². The van der Waals surface area contributed by atoms with Crippen LogP contribution < -0.4 is 10.1 Å². The molecule has 2 saturated heterocycles. The molecule has 1 saturated carbocycles. The molecule has 32 heavy (non-hydrogen) atoms. The lowest BCUT2D eigenvalue weighted by atomic mass is 10.2. The minimum atomic E-state index is -3.69. The molecular formula is C21H30N4O6S. The number of carbonyl (C=O) groups excluding carboxylic acids is 2. The van der Waals surface area contributed by atoms with E-state index in [0.717, 1.165) is 12.8 Å². The molecule has 0 unspecified atom stereocenters. The first-order valence-corrected chi connectivity index (χ1v) is 12.4. The molecule has 10 nitrogen and oxygen atoms in total. The van der Waals surface area contributed by atoms with Gasteiger partial charge in [-0.15, -0.1) is 0 Å². The number of hydrogen-bond acceptors (Lipinski definition) is 7. The lowest BCUT2D eigenvalue weighted by Crippen LogP contribution is -2.50. The van der Waals surface area contributed by atoms with Crippen LogP contribution in [0, 0.1) is 5.92 Å². The fourth-order valence-electron chi connectivity index (χ4n) is 3.99. The lowest BCUT2D eigenvalue weighted by Gasteiger charge is -2.34. The molecule has 2 heterocycles. The Hall–Kier alpha value is -2.21. The summed E-state index contributed by atoms with van der Waals surface area (Å²) in [5.41, 5.74) is 0.314. The van der Waals surface area contributed by atoms with E-state index < -0.39 is 10.0 Å². The van der Waals surface area contributed by atoms with E-state index in [1.54, 1.807) is 6.07 Å². The minimum Gasteiger partial charge on any atom is -0.495 e. The van der Waals surface area contributed by atoms with Crippen LogP contribution >= 0.6 is 0 Å². The smallest absolute Gasteiger partial charge is 0.243 e. The molecule has 4 rings (SSSR count). The largest absolute Gasteiger partial charge is 0.495 e. The van der Waals surface area contributed by atoms with Gasteiger partial charge in [-0.3, -0.25) is 14.5 Å². The van der Waals surface area contributed by atoms with E-state index in [4.69, 9.17) is 9.47 Å². The average molecular weight is 467 g/mol. The number of nitrogens with one attached hydrogen (secondary N) is 1. The number of anilines is 1. The second-order valence-corrected chi connectivity index (χ2v) is 10.2. The van der Waals surface area contributed by atoms with Gasteiger partial charge < -0.3 is 19.7 Å². The Morgan fingerprint density at radius 3 is 2.41 bits per heavy atom. The number of piperazine rings is 1. The predicted octanol–water partition coefficient (Wildman–Crippen LogP) is 0.209. The highest BCUT2D eigenvalue weighted by atomic mass is 32.2. The van der Waals surface area contributed by atoms with Crippen molar-refractivity contribution in [3.8, 4) is 5.75 Å². The van der Waals surface area contributed by atoms with Crippen LogP contribution in [-0.4, -0.2) is 100 Å². The zero-order chi connectivity index (χ0) is 22.7. The number of rotatable bonds is 7. The molecule has 1 aliphatic carbocycles. The molecule has 1 aromatic rings. The van der Waals surface area contributed by atoms with Crippen molar-refractivity contribution in [2.45, 2.75) is 17.7 Å². The average Bonchev–Trinajstić information content (AvgIpc) is 3.65. The maximum Gasteiger partial charge on any atom is 0.243 e. The highest BCUT2D eigenvalue weighted by molar-refractivity contribution is 7.89. The Morgan fingerprint density at radius 1 is 1.09 bits per heavy atom. The Balaban J connectivity index is 1.38. The van der Waals surface area contributed by atoms with E-state index in [0.29, 0.717) is 63.9 Å². The fourth-order valence-corrected chi connectivity index (χ4v) is 5.42. The fraction of sp³-hybridized carbons (Fsp3) is 0.619. The van der Waals surface area contributed by atoms with Crippen LogP contribution in [0.4, 0.5) is 5.69 Å². The molecule has 2 amide bonds. The number of benzene rings is 1. The second kappa shape index (κ2) is 9.74. The van der Waals surface area contributed by atoms with Crippen molar-refractivity contribution in [3.05, 3.63) is 18.2 Å². The van der Waals surface area contributed by atoms with E-state index >= 15 is 0 Å². The van der Waals surface area contributed by atoms with Gasteiger partial charge in [0.1, 0.15) is 5.75 Å². The molecule has 1 aromatic carbocycles. The number of amides is 2. The van der Waals surface area contributed by atoms with Crippen LogP contribution in [0.3, 0.4) is 0 Å². The molecule has 0 bridgehead atoms.